The Morgan fingerprint density at radius 3 is 2.75 bits per heavy atom. The molecule has 0 aromatic heterocycles. The first kappa shape index (κ1) is 19.4. The number of aliphatic imine (C=N–C) groups is 1. The highest BCUT2D eigenvalue weighted by Gasteiger charge is 2.23. The Balaban J connectivity index is 1.68. The van der Waals surface area contributed by atoms with E-state index in [-0.39, 0.29) is 18.2 Å². The summed E-state index contributed by atoms with van der Waals surface area (Å²) >= 11 is 0. The molecular formula is C17H33N3O4. The Labute approximate surface area is 145 Å². The van der Waals surface area contributed by atoms with Crippen LogP contribution in [-0.4, -0.2) is 77.4 Å². The fraction of sp³-hybridized carbons (Fsp3) is 0.941. The van der Waals surface area contributed by atoms with Crippen LogP contribution in [0.3, 0.4) is 0 Å². The molecule has 0 spiro atoms. The number of nitrogens with zero attached hydrogens (tertiary/aromatic N) is 1. The molecular weight excluding hydrogens is 310 g/mol. The summed E-state index contributed by atoms with van der Waals surface area (Å²) in [6.07, 6.45) is 5.01. The molecule has 2 aliphatic heterocycles. The summed E-state index contributed by atoms with van der Waals surface area (Å²) in [5, 5.41) is 6.71. The van der Waals surface area contributed by atoms with Crippen LogP contribution in [-0.2, 0) is 18.9 Å². The molecule has 2 fully saturated rings. The standard InChI is InChI=1S/C17H33N3O4/c1-14(16-6-4-10-24-16)20-17(18-7-11-21-2)19-8-12-22-13-15-5-3-9-23-15/h14-16H,3-13H2,1-2H3,(H2,18,19,20). The van der Waals surface area contributed by atoms with Gasteiger partial charge in [0.25, 0.3) is 0 Å². The minimum absolute atomic E-state index is 0.231. The van der Waals surface area contributed by atoms with Gasteiger partial charge in [0.2, 0.25) is 0 Å². The minimum Gasteiger partial charge on any atom is -0.383 e. The molecule has 0 aliphatic carbocycles. The zero-order chi connectivity index (χ0) is 17.0. The third kappa shape index (κ3) is 7.34. The monoisotopic (exact) mass is 343 g/mol. The van der Waals surface area contributed by atoms with Crippen LogP contribution in [0.5, 0.6) is 0 Å². The highest BCUT2D eigenvalue weighted by molar-refractivity contribution is 5.80. The largest absolute Gasteiger partial charge is 0.383 e. The molecule has 0 radical (unpaired) electrons. The normalized spacial score (nSPS) is 25.8. The molecule has 2 N–H and O–H groups in total. The number of hydrogen-bond donors (Lipinski definition) is 2. The van der Waals surface area contributed by atoms with Crippen LogP contribution in [0.1, 0.15) is 32.6 Å². The van der Waals surface area contributed by atoms with Crippen LogP contribution in [0.15, 0.2) is 4.99 Å². The van der Waals surface area contributed by atoms with Gasteiger partial charge in [0.05, 0.1) is 44.6 Å². The van der Waals surface area contributed by atoms with Gasteiger partial charge < -0.3 is 29.6 Å². The van der Waals surface area contributed by atoms with E-state index in [1.54, 1.807) is 7.11 Å². The number of ether oxygens (including phenoxy) is 4. The lowest BCUT2D eigenvalue weighted by atomic mass is 10.1. The van der Waals surface area contributed by atoms with Crippen molar-refractivity contribution >= 4 is 5.96 Å². The van der Waals surface area contributed by atoms with Crippen molar-refractivity contribution in [3.05, 3.63) is 0 Å². The highest BCUT2D eigenvalue weighted by Crippen LogP contribution is 2.15. The molecule has 0 amide bonds. The quantitative estimate of drug-likeness (QED) is 0.349. The summed E-state index contributed by atoms with van der Waals surface area (Å²) in [6, 6.07) is 0.231. The van der Waals surface area contributed by atoms with Crippen LogP contribution < -0.4 is 10.6 Å². The summed E-state index contributed by atoms with van der Waals surface area (Å²) in [5.74, 6) is 0.788. The smallest absolute Gasteiger partial charge is 0.191 e. The van der Waals surface area contributed by atoms with E-state index < -0.39 is 0 Å². The Morgan fingerprint density at radius 1 is 1.21 bits per heavy atom. The van der Waals surface area contributed by atoms with Crippen molar-refractivity contribution in [3.63, 3.8) is 0 Å². The fourth-order valence-corrected chi connectivity index (χ4v) is 2.94. The Bertz CT molecular complexity index is 356. The van der Waals surface area contributed by atoms with Gasteiger partial charge in [-0.1, -0.05) is 0 Å². The van der Waals surface area contributed by atoms with Gasteiger partial charge in [-0.15, -0.1) is 0 Å². The molecule has 0 aromatic rings. The second-order valence-electron chi connectivity index (χ2n) is 6.34. The van der Waals surface area contributed by atoms with E-state index >= 15 is 0 Å². The molecule has 2 rings (SSSR count). The predicted octanol–water partition coefficient (Wildman–Crippen LogP) is 0.931. The van der Waals surface area contributed by atoms with E-state index in [0.29, 0.717) is 26.4 Å². The molecule has 140 valence electrons. The molecule has 2 saturated heterocycles. The van der Waals surface area contributed by atoms with E-state index in [9.17, 15) is 0 Å². The average Bonchev–Trinajstić information content (AvgIpc) is 3.28. The number of rotatable bonds is 10. The lowest BCUT2D eigenvalue weighted by Crippen LogP contribution is -2.47. The van der Waals surface area contributed by atoms with Crippen molar-refractivity contribution in [3.8, 4) is 0 Å². The number of guanidine groups is 1. The zero-order valence-corrected chi connectivity index (χ0v) is 15.1. The van der Waals surface area contributed by atoms with Crippen molar-refractivity contribution in [1.29, 1.82) is 0 Å². The number of hydrogen-bond acceptors (Lipinski definition) is 5. The Hall–Kier alpha value is -0.890. The van der Waals surface area contributed by atoms with Crippen molar-refractivity contribution in [2.45, 2.75) is 50.9 Å². The van der Waals surface area contributed by atoms with Gasteiger partial charge >= 0.3 is 0 Å². The lowest BCUT2D eigenvalue weighted by molar-refractivity contribution is 0.0199. The maximum Gasteiger partial charge on any atom is 0.191 e. The molecule has 0 saturated carbocycles. The van der Waals surface area contributed by atoms with Crippen LogP contribution in [0.2, 0.25) is 0 Å². The molecule has 7 heteroatoms. The summed E-state index contributed by atoms with van der Waals surface area (Å²) in [4.78, 5) is 4.59. The predicted molar refractivity (Wildman–Crippen MR) is 93.5 cm³/mol. The third-order valence-electron chi connectivity index (χ3n) is 4.32. The topological polar surface area (TPSA) is 73.3 Å². The summed E-state index contributed by atoms with van der Waals surface area (Å²) in [6.45, 7) is 7.11. The molecule has 2 heterocycles. The number of methoxy groups -OCH3 is 1. The van der Waals surface area contributed by atoms with Gasteiger partial charge in [0.15, 0.2) is 5.96 Å². The highest BCUT2D eigenvalue weighted by atomic mass is 16.5. The van der Waals surface area contributed by atoms with Crippen LogP contribution in [0.4, 0.5) is 0 Å². The Morgan fingerprint density at radius 2 is 2.04 bits per heavy atom. The molecule has 3 unspecified atom stereocenters. The first-order valence-corrected chi connectivity index (χ1v) is 9.14. The first-order chi connectivity index (χ1) is 11.8. The molecule has 0 bridgehead atoms. The number of nitrogens with one attached hydrogen (secondary N) is 2. The second kappa shape index (κ2) is 11.6. The van der Waals surface area contributed by atoms with Gasteiger partial charge in [-0.2, -0.15) is 0 Å². The molecule has 3 atom stereocenters. The van der Waals surface area contributed by atoms with Gasteiger partial charge in [-0.3, -0.25) is 4.99 Å². The summed E-state index contributed by atoms with van der Waals surface area (Å²) in [5.41, 5.74) is 0. The first-order valence-electron chi connectivity index (χ1n) is 9.14. The summed E-state index contributed by atoms with van der Waals surface area (Å²) < 4.78 is 22.0. The SMILES string of the molecule is COCCNC(=NCCOCC1CCCO1)NC(C)C1CCCO1. The summed E-state index contributed by atoms with van der Waals surface area (Å²) in [7, 11) is 1.69. The van der Waals surface area contributed by atoms with E-state index in [1.807, 2.05) is 0 Å². The third-order valence-corrected chi connectivity index (χ3v) is 4.32. The van der Waals surface area contributed by atoms with Gasteiger partial charge in [-0.05, 0) is 32.6 Å². The van der Waals surface area contributed by atoms with Crippen molar-refractivity contribution in [1.82, 2.24) is 10.6 Å². The van der Waals surface area contributed by atoms with Crippen LogP contribution in [0, 0.1) is 0 Å². The Kier molecular flexibility index (Phi) is 9.42. The van der Waals surface area contributed by atoms with E-state index in [1.165, 1.54) is 0 Å². The van der Waals surface area contributed by atoms with Crippen molar-refractivity contribution in [2.24, 2.45) is 4.99 Å². The van der Waals surface area contributed by atoms with Crippen molar-refractivity contribution < 1.29 is 18.9 Å². The molecule has 2 aliphatic rings. The second-order valence-corrected chi connectivity index (χ2v) is 6.34. The van der Waals surface area contributed by atoms with Crippen molar-refractivity contribution in [2.75, 3.05) is 53.2 Å². The maximum atomic E-state index is 5.73. The van der Waals surface area contributed by atoms with E-state index in [2.05, 4.69) is 22.5 Å². The fourth-order valence-electron chi connectivity index (χ4n) is 2.94. The van der Waals surface area contributed by atoms with Crippen LogP contribution >= 0.6 is 0 Å². The average molecular weight is 343 g/mol. The van der Waals surface area contributed by atoms with Gasteiger partial charge in [-0.25, -0.2) is 0 Å². The van der Waals surface area contributed by atoms with E-state index in [4.69, 9.17) is 18.9 Å². The zero-order valence-electron chi connectivity index (χ0n) is 15.1. The lowest BCUT2D eigenvalue weighted by Gasteiger charge is -2.22. The minimum atomic E-state index is 0.231. The molecule has 7 nitrogen and oxygen atoms in total. The molecule has 0 aromatic carbocycles. The van der Waals surface area contributed by atoms with E-state index in [0.717, 1.165) is 51.4 Å². The van der Waals surface area contributed by atoms with Crippen LogP contribution in [0.25, 0.3) is 0 Å². The maximum absolute atomic E-state index is 5.73. The van der Waals surface area contributed by atoms with Gasteiger partial charge in [0.1, 0.15) is 0 Å². The van der Waals surface area contributed by atoms with Gasteiger partial charge in [0, 0.05) is 26.9 Å². The molecule has 24 heavy (non-hydrogen) atoms.